The van der Waals surface area contributed by atoms with Crippen LogP contribution in [0.3, 0.4) is 0 Å². The molecule has 0 heterocycles. The molecule has 0 radical (unpaired) electrons. The van der Waals surface area contributed by atoms with E-state index in [-0.39, 0.29) is 8.07 Å². The van der Waals surface area contributed by atoms with Gasteiger partial charge in [0.15, 0.2) is 0 Å². The van der Waals surface area contributed by atoms with Gasteiger partial charge in [-0.3, -0.25) is 5.09 Å². The summed E-state index contributed by atoms with van der Waals surface area (Å²) in [5.41, 5.74) is 0.303. The molecule has 2 heteroatoms. The maximum atomic E-state index is 3.62. The van der Waals surface area contributed by atoms with E-state index in [2.05, 4.69) is 39.7 Å². The van der Waals surface area contributed by atoms with E-state index in [9.17, 15) is 0 Å². The quantitative estimate of drug-likeness (QED) is 0.627. The average molecular weight is 161 g/mol. The van der Waals surface area contributed by atoms with E-state index in [0.717, 1.165) is 0 Å². The summed E-state index contributed by atoms with van der Waals surface area (Å²) in [6, 6.07) is 0. The summed E-state index contributed by atoms with van der Waals surface area (Å²) < 4.78 is 0. The van der Waals surface area contributed by atoms with E-state index in [1.807, 2.05) is 0 Å². The summed E-state index contributed by atoms with van der Waals surface area (Å²) in [6.45, 7) is 11.2. The molecule has 0 atom stereocenters. The van der Waals surface area contributed by atoms with Gasteiger partial charge in [0.25, 0.3) is 0 Å². The maximum absolute atomic E-state index is 3.62. The summed E-state index contributed by atoms with van der Waals surface area (Å²) in [5.74, 6) is 0. The van der Waals surface area contributed by atoms with Crippen molar-refractivity contribution < 1.29 is 0 Å². The fourth-order valence-corrected chi connectivity index (χ4v) is 2.57. The monoisotopic (exact) mass is 161 g/mol. The van der Waals surface area contributed by atoms with Crippen molar-refractivity contribution in [1.82, 2.24) is 5.09 Å². The topological polar surface area (TPSA) is 12.0 Å². The molecule has 0 rings (SSSR count). The van der Waals surface area contributed by atoms with Crippen LogP contribution in [-0.2, 0) is 0 Å². The zero-order chi connectivity index (χ0) is 8.20. The second-order valence-corrected chi connectivity index (χ2v) is 6.10. The first-order valence-corrected chi connectivity index (χ1v) is 5.73. The molecule has 0 aromatic rings. The van der Waals surface area contributed by atoms with E-state index in [4.69, 9.17) is 0 Å². The van der Waals surface area contributed by atoms with Gasteiger partial charge in [-0.15, -0.1) is 0 Å². The maximum Gasteiger partial charge on any atom is 0.0133 e. The molecule has 0 aromatic heterocycles. The standard InChI is InChI=1S/C8H20NP/c1-6-10(7-2)9-8(3,4)5/h9H,6-7H2,1-5H3. The highest BCUT2D eigenvalue weighted by atomic mass is 31.1. The summed E-state index contributed by atoms with van der Waals surface area (Å²) in [6.07, 6.45) is 2.59. The molecule has 62 valence electrons. The molecule has 0 bridgehead atoms. The third-order valence-electron chi connectivity index (χ3n) is 1.26. The lowest BCUT2D eigenvalue weighted by molar-refractivity contribution is 0.528. The third kappa shape index (κ3) is 5.20. The molecule has 0 saturated heterocycles. The zero-order valence-corrected chi connectivity index (χ0v) is 8.76. The highest BCUT2D eigenvalue weighted by Crippen LogP contribution is 2.31. The van der Waals surface area contributed by atoms with Crippen molar-refractivity contribution in [3.05, 3.63) is 0 Å². The van der Waals surface area contributed by atoms with Gasteiger partial charge in [0.1, 0.15) is 0 Å². The van der Waals surface area contributed by atoms with Crippen LogP contribution >= 0.6 is 8.07 Å². The first-order valence-electron chi connectivity index (χ1n) is 4.02. The summed E-state index contributed by atoms with van der Waals surface area (Å²) in [4.78, 5) is 0. The van der Waals surface area contributed by atoms with Gasteiger partial charge in [-0.25, -0.2) is 0 Å². The fraction of sp³-hybridized carbons (Fsp3) is 1.00. The molecule has 0 aliphatic heterocycles. The second-order valence-electron chi connectivity index (χ2n) is 3.53. The number of rotatable bonds is 3. The van der Waals surface area contributed by atoms with Crippen LogP contribution in [0, 0.1) is 0 Å². The van der Waals surface area contributed by atoms with Gasteiger partial charge in [0, 0.05) is 5.54 Å². The van der Waals surface area contributed by atoms with Crippen molar-refractivity contribution in [3.8, 4) is 0 Å². The Balaban J connectivity index is 3.63. The Morgan fingerprint density at radius 3 is 1.60 bits per heavy atom. The molecule has 1 N–H and O–H groups in total. The van der Waals surface area contributed by atoms with Gasteiger partial charge >= 0.3 is 0 Å². The van der Waals surface area contributed by atoms with E-state index >= 15 is 0 Å². The molecule has 0 aliphatic carbocycles. The van der Waals surface area contributed by atoms with Crippen molar-refractivity contribution in [2.24, 2.45) is 0 Å². The summed E-state index contributed by atoms with van der Waals surface area (Å²) in [7, 11) is 0.106. The van der Waals surface area contributed by atoms with E-state index in [1.54, 1.807) is 0 Å². The largest absolute Gasteiger partial charge is 0.291 e. The molecule has 0 aromatic carbocycles. The summed E-state index contributed by atoms with van der Waals surface area (Å²) >= 11 is 0. The van der Waals surface area contributed by atoms with Crippen LogP contribution in [0.5, 0.6) is 0 Å². The Labute approximate surface area is 66.4 Å². The number of nitrogens with one attached hydrogen (secondary N) is 1. The highest BCUT2D eigenvalue weighted by Gasteiger charge is 2.13. The van der Waals surface area contributed by atoms with Crippen LogP contribution in [0.1, 0.15) is 34.6 Å². The SMILES string of the molecule is CCP(CC)NC(C)(C)C. The minimum atomic E-state index is 0.106. The Morgan fingerprint density at radius 1 is 1.10 bits per heavy atom. The Hall–Kier alpha value is 0.390. The van der Waals surface area contributed by atoms with E-state index in [0.29, 0.717) is 5.54 Å². The third-order valence-corrected chi connectivity index (χ3v) is 3.77. The van der Waals surface area contributed by atoms with Crippen LogP contribution in [0.2, 0.25) is 0 Å². The van der Waals surface area contributed by atoms with Gasteiger partial charge in [0.2, 0.25) is 0 Å². The second kappa shape index (κ2) is 4.31. The fourth-order valence-electron chi connectivity index (χ4n) is 0.856. The van der Waals surface area contributed by atoms with Crippen molar-refractivity contribution >= 4 is 8.07 Å². The molecule has 0 amide bonds. The van der Waals surface area contributed by atoms with Gasteiger partial charge in [-0.1, -0.05) is 13.8 Å². The van der Waals surface area contributed by atoms with Crippen LogP contribution in [0.15, 0.2) is 0 Å². The van der Waals surface area contributed by atoms with Crippen molar-refractivity contribution in [2.45, 2.75) is 40.2 Å². The van der Waals surface area contributed by atoms with Crippen molar-refractivity contribution in [1.29, 1.82) is 0 Å². The minimum absolute atomic E-state index is 0.106. The smallest absolute Gasteiger partial charge is 0.0133 e. The van der Waals surface area contributed by atoms with Gasteiger partial charge in [-0.05, 0) is 41.2 Å². The molecular formula is C8H20NP. The van der Waals surface area contributed by atoms with Crippen molar-refractivity contribution in [3.63, 3.8) is 0 Å². The molecule has 0 saturated carbocycles. The molecule has 0 unspecified atom stereocenters. The Kier molecular flexibility index (Phi) is 4.47. The number of hydrogen-bond donors (Lipinski definition) is 1. The lowest BCUT2D eigenvalue weighted by atomic mass is 10.1. The van der Waals surface area contributed by atoms with Gasteiger partial charge < -0.3 is 0 Å². The normalized spacial score (nSPS) is 12.6. The van der Waals surface area contributed by atoms with E-state index in [1.165, 1.54) is 12.3 Å². The van der Waals surface area contributed by atoms with Crippen LogP contribution < -0.4 is 5.09 Å². The number of hydrogen-bond acceptors (Lipinski definition) is 1. The molecule has 0 fully saturated rings. The van der Waals surface area contributed by atoms with Crippen LogP contribution in [0.25, 0.3) is 0 Å². The van der Waals surface area contributed by atoms with Gasteiger partial charge in [-0.2, -0.15) is 0 Å². The minimum Gasteiger partial charge on any atom is -0.291 e. The first-order chi connectivity index (χ1) is 4.49. The van der Waals surface area contributed by atoms with Gasteiger partial charge in [0.05, 0.1) is 0 Å². The zero-order valence-electron chi connectivity index (χ0n) is 7.86. The lowest BCUT2D eigenvalue weighted by Crippen LogP contribution is -2.32. The predicted octanol–water partition coefficient (Wildman–Crippen LogP) is 2.81. The van der Waals surface area contributed by atoms with E-state index < -0.39 is 0 Å². The van der Waals surface area contributed by atoms with Crippen LogP contribution in [-0.4, -0.2) is 17.9 Å². The first kappa shape index (κ1) is 10.4. The highest BCUT2D eigenvalue weighted by molar-refractivity contribution is 7.55. The Morgan fingerprint density at radius 2 is 1.50 bits per heavy atom. The van der Waals surface area contributed by atoms with Crippen molar-refractivity contribution in [2.75, 3.05) is 12.3 Å². The molecule has 0 aliphatic rings. The lowest BCUT2D eigenvalue weighted by Gasteiger charge is -2.27. The molecule has 0 spiro atoms. The predicted molar refractivity (Wildman–Crippen MR) is 50.9 cm³/mol. The molecular weight excluding hydrogens is 141 g/mol. The summed E-state index contributed by atoms with van der Waals surface area (Å²) in [5, 5.41) is 3.62. The Bertz CT molecular complexity index is 81.7. The molecule has 10 heavy (non-hydrogen) atoms. The average Bonchev–Trinajstić information content (AvgIpc) is 1.81. The molecule has 1 nitrogen and oxygen atoms in total. The van der Waals surface area contributed by atoms with Crippen LogP contribution in [0.4, 0.5) is 0 Å².